The summed E-state index contributed by atoms with van der Waals surface area (Å²) in [7, 11) is -4.67. The fourth-order valence-corrected chi connectivity index (χ4v) is 0. The zero-order valence-electron chi connectivity index (χ0n) is 6.24. The summed E-state index contributed by atoms with van der Waals surface area (Å²) in [5, 5.41) is 0. The summed E-state index contributed by atoms with van der Waals surface area (Å²) in [5.41, 5.74) is 0. The fourth-order valence-electron chi connectivity index (χ4n) is 0. The molecular formula is H4MgO4SZn2. The Kier molecular flexibility index (Phi) is 25.0. The van der Waals surface area contributed by atoms with Crippen molar-refractivity contribution in [1.82, 2.24) is 0 Å². The van der Waals surface area contributed by atoms with Crippen LogP contribution in [0.2, 0.25) is 0 Å². The van der Waals surface area contributed by atoms with Crippen LogP contribution in [0, 0.1) is 0 Å². The second-order valence-corrected chi connectivity index (χ2v) is 1.34. The largest absolute Gasteiger partial charge is 2.00 e. The zero-order chi connectivity index (χ0) is 4.50. The van der Waals surface area contributed by atoms with Crippen molar-refractivity contribution < 1.29 is 59.3 Å². The molecule has 0 heterocycles. The minimum absolute atomic E-state index is 0. The predicted octanol–water partition coefficient (Wildman–Crippen LogP) is -0.814. The number of hydrogen-bond donors (Lipinski definition) is 2. The van der Waals surface area contributed by atoms with Gasteiger partial charge in [-0.2, -0.15) is 8.42 Å². The molecule has 2 N–H and O–H groups in total. The van der Waals surface area contributed by atoms with Gasteiger partial charge in [0.05, 0.1) is 0 Å². The molecule has 0 aromatic heterocycles. The van der Waals surface area contributed by atoms with Crippen molar-refractivity contribution in [3.05, 3.63) is 0 Å². The van der Waals surface area contributed by atoms with E-state index in [1.807, 2.05) is 0 Å². The molecule has 0 atom stereocenters. The Labute approximate surface area is 92.0 Å². The second kappa shape index (κ2) is 8.88. The van der Waals surface area contributed by atoms with Gasteiger partial charge in [-0.15, -0.1) is 0 Å². The van der Waals surface area contributed by atoms with Crippen LogP contribution in [-0.2, 0) is 49.4 Å². The maximum atomic E-state index is 8.74. The monoisotopic (exact) mass is 252 g/mol. The Morgan fingerprint density at radius 1 is 1.12 bits per heavy atom. The Morgan fingerprint density at radius 3 is 1.12 bits per heavy atom. The SMILES string of the molecule is O=S(=O)(O)O.[H-].[H-].[Mg+2].[Zn].[Zn]. The van der Waals surface area contributed by atoms with E-state index in [-0.39, 0.29) is 64.9 Å². The molecule has 0 saturated carbocycles. The average molecular weight is 255 g/mol. The zero-order valence-corrected chi connectivity index (χ0v) is 12.4. The van der Waals surface area contributed by atoms with Gasteiger partial charge in [0.1, 0.15) is 0 Å². The summed E-state index contributed by atoms with van der Waals surface area (Å²) in [6, 6.07) is 0. The quantitative estimate of drug-likeness (QED) is 0.438. The van der Waals surface area contributed by atoms with Crippen molar-refractivity contribution in [2.45, 2.75) is 0 Å². The van der Waals surface area contributed by atoms with E-state index in [9.17, 15) is 0 Å². The smallest absolute Gasteiger partial charge is 1.00 e. The topological polar surface area (TPSA) is 74.6 Å². The van der Waals surface area contributed by atoms with Gasteiger partial charge in [0.25, 0.3) is 0 Å². The van der Waals surface area contributed by atoms with Gasteiger partial charge in [0, 0.05) is 39.0 Å². The average Bonchev–Trinajstić information content (AvgIpc) is 0.722. The number of rotatable bonds is 0. The van der Waals surface area contributed by atoms with Crippen molar-refractivity contribution in [3.8, 4) is 0 Å². The summed E-state index contributed by atoms with van der Waals surface area (Å²) in [6.07, 6.45) is 0. The van der Waals surface area contributed by atoms with E-state index in [0.29, 0.717) is 0 Å². The maximum Gasteiger partial charge on any atom is 2.00 e. The Balaban J connectivity index is -0.00000000800. The van der Waals surface area contributed by atoms with Crippen LogP contribution in [0.3, 0.4) is 0 Å². The van der Waals surface area contributed by atoms with Gasteiger partial charge in [-0.1, -0.05) is 0 Å². The Hall–Kier alpha value is 1.88. The van der Waals surface area contributed by atoms with E-state index in [0.717, 1.165) is 0 Å². The summed E-state index contributed by atoms with van der Waals surface area (Å²) in [5.74, 6) is 0. The number of hydrogen-bond acceptors (Lipinski definition) is 2. The van der Waals surface area contributed by atoms with Crippen LogP contribution in [0.4, 0.5) is 0 Å². The molecular weight excluding hydrogens is 251 g/mol. The van der Waals surface area contributed by atoms with Gasteiger partial charge in [-0.3, -0.25) is 9.11 Å². The first-order chi connectivity index (χ1) is 2.00. The van der Waals surface area contributed by atoms with E-state index in [1.165, 1.54) is 0 Å². The molecule has 0 fully saturated rings. The van der Waals surface area contributed by atoms with E-state index >= 15 is 0 Å². The van der Waals surface area contributed by atoms with Crippen LogP contribution in [-0.4, -0.2) is 40.6 Å². The molecule has 0 aliphatic carbocycles. The van der Waals surface area contributed by atoms with Crippen LogP contribution in [0.1, 0.15) is 2.85 Å². The molecule has 4 nitrogen and oxygen atoms in total. The minimum Gasteiger partial charge on any atom is -1.00 e. The van der Waals surface area contributed by atoms with Gasteiger partial charge in [-0.25, -0.2) is 0 Å². The molecule has 0 aliphatic rings. The molecule has 40 valence electrons. The van der Waals surface area contributed by atoms with Crippen LogP contribution < -0.4 is 0 Å². The fraction of sp³-hybridized carbons (Fsp3) is 0. The van der Waals surface area contributed by atoms with Crippen molar-refractivity contribution >= 4 is 33.5 Å². The van der Waals surface area contributed by atoms with Crippen molar-refractivity contribution in [3.63, 3.8) is 0 Å². The normalized spacial score (nSPS) is 7.25. The molecule has 0 radical (unpaired) electrons. The molecule has 0 aromatic rings. The molecule has 0 unspecified atom stereocenters. The molecule has 0 bridgehead atoms. The van der Waals surface area contributed by atoms with Crippen molar-refractivity contribution in [1.29, 1.82) is 0 Å². The Morgan fingerprint density at radius 2 is 1.12 bits per heavy atom. The Bertz CT molecular complexity index is 104. The van der Waals surface area contributed by atoms with Gasteiger partial charge in [-0.05, 0) is 0 Å². The molecule has 0 rings (SSSR count). The van der Waals surface area contributed by atoms with Gasteiger partial charge < -0.3 is 2.85 Å². The second-order valence-electron chi connectivity index (χ2n) is 0.448. The van der Waals surface area contributed by atoms with Crippen LogP contribution in [0.25, 0.3) is 0 Å². The molecule has 0 saturated heterocycles. The third-order valence-corrected chi connectivity index (χ3v) is 0. The summed E-state index contributed by atoms with van der Waals surface area (Å²) in [4.78, 5) is 0. The molecule has 8 heavy (non-hydrogen) atoms. The van der Waals surface area contributed by atoms with Crippen LogP contribution >= 0.6 is 0 Å². The standard InChI is InChI=1S/Mg.H2O4S.2Zn.2H/c;1-5(2,3)4;;;;/h;(H2,1,2,3,4);;;;/q+2;;;;2*-1. The van der Waals surface area contributed by atoms with Crippen LogP contribution in [0.5, 0.6) is 0 Å². The summed E-state index contributed by atoms with van der Waals surface area (Å²) in [6.45, 7) is 0. The molecule has 8 heteroatoms. The summed E-state index contributed by atoms with van der Waals surface area (Å²) < 4.78 is 31.6. The molecule has 0 spiro atoms. The van der Waals surface area contributed by atoms with Gasteiger partial charge in [0.15, 0.2) is 0 Å². The third-order valence-electron chi connectivity index (χ3n) is 0. The first-order valence-electron chi connectivity index (χ1n) is 0.698. The van der Waals surface area contributed by atoms with Crippen molar-refractivity contribution in [2.75, 3.05) is 0 Å². The van der Waals surface area contributed by atoms with Gasteiger partial charge in [0.2, 0.25) is 0 Å². The van der Waals surface area contributed by atoms with E-state index in [4.69, 9.17) is 17.5 Å². The summed E-state index contributed by atoms with van der Waals surface area (Å²) >= 11 is 0. The van der Waals surface area contributed by atoms with E-state index in [1.54, 1.807) is 0 Å². The van der Waals surface area contributed by atoms with Crippen LogP contribution in [0.15, 0.2) is 0 Å². The molecule has 0 aromatic carbocycles. The maximum absolute atomic E-state index is 8.74. The predicted molar refractivity (Wildman–Crippen MR) is 22.2 cm³/mol. The van der Waals surface area contributed by atoms with Gasteiger partial charge >= 0.3 is 33.5 Å². The molecule has 0 amide bonds. The first kappa shape index (κ1) is 22.5. The molecule has 0 aliphatic heterocycles. The minimum atomic E-state index is -4.67. The third kappa shape index (κ3) is 105. The first-order valence-corrected chi connectivity index (χ1v) is 2.10. The van der Waals surface area contributed by atoms with E-state index < -0.39 is 10.4 Å². The van der Waals surface area contributed by atoms with E-state index in [2.05, 4.69) is 0 Å². The van der Waals surface area contributed by atoms with Crippen molar-refractivity contribution in [2.24, 2.45) is 0 Å².